The maximum absolute atomic E-state index is 13.1. The van der Waals surface area contributed by atoms with Crippen molar-refractivity contribution in [3.8, 4) is 5.75 Å². The zero-order valence-corrected chi connectivity index (χ0v) is 24.4. The van der Waals surface area contributed by atoms with Crippen LogP contribution in [0.4, 0.5) is 10.6 Å². The highest BCUT2D eigenvalue weighted by Crippen LogP contribution is 2.35. The van der Waals surface area contributed by atoms with Gasteiger partial charge in [0.05, 0.1) is 48.5 Å². The molecule has 0 saturated carbocycles. The number of quaternary nitrogens is 1. The second kappa shape index (κ2) is 10.8. The molecule has 3 heterocycles. The number of halogens is 1. The van der Waals surface area contributed by atoms with E-state index in [0.29, 0.717) is 39.1 Å². The summed E-state index contributed by atoms with van der Waals surface area (Å²) in [5.41, 5.74) is 2.66. The number of nitrogens with one attached hydrogen (secondary N) is 2. The van der Waals surface area contributed by atoms with E-state index in [1.807, 2.05) is 43.4 Å². The number of benzene rings is 2. The zero-order valence-electron chi connectivity index (χ0n) is 22.0. The fourth-order valence-electron chi connectivity index (χ4n) is 5.07. The Morgan fingerprint density at radius 2 is 1.97 bits per heavy atom. The van der Waals surface area contributed by atoms with E-state index in [2.05, 4.69) is 22.1 Å². The van der Waals surface area contributed by atoms with Gasteiger partial charge >= 0.3 is 6.03 Å². The topological polar surface area (TPSA) is 102 Å². The lowest BCUT2D eigenvalue weighted by Gasteiger charge is -2.31. The summed E-state index contributed by atoms with van der Waals surface area (Å²) >= 11 is 6.94. The first-order valence-electron chi connectivity index (χ1n) is 12.6. The molecule has 4 aromatic rings. The van der Waals surface area contributed by atoms with Crippen LogP contribution in [-0.2, 0) is 23.1 Å². The molecule has 2 amide bonds. The Morgan fingerprint density at radius 3 is 2.67 bits per heavy atom. The molecule has 1 unspecified atom stereocenters. The molecule has 1 saturated heterocycles. The summed E-state index contributed by atoms with van der Waals surface area (Å²) in [6.07, 6.45) is 2.11. The highest BCUT2D eigenvalue weighted by atomic mass is 35.5. The average Bonchev–Trinajstić information content (AvgIpc) is 3.61. The number of amides is 2. The van der Waals surface area contributed by atoms with Gasteiger partial charge in [-0.05, 0) is 42.3 Å². The van der Waals surface area contributed by atoms with Crippen molar-refractivity contribution in [2.75, 3.05) is 25.4 Å². The molecule has 5 rings (SSSR count). The number of aromatic nitrogens is 2. The van der Waals surface area contributed by atoms with Crippen molar-refractivity contribution >= 4 is 55.7 Å². The minimum absolute atomic E-state index is 0.0412. The van der Waals surface area contributed by atoms with E-state index in [9.17, 15) is 13.2 Å². The van der Waals surface area contributed by atoms with E-state index in [0.717, 1.165) is 47.4 Å². The molecular weight excluding hydrogens is 558 g/mol. The molecule has 2 aromatic heterocycles. The Morgan fingerprint density at radius 1 is 1.21 bits per heavy atom. The number of anilines is 1. The number of rotatable bonds is 8. The molecule has 12 heteroatoms. The molecule has 0 spiro atoms. The molecule has 1 fully saturated rings. The van der Waals surface area contributed by atoms with Crippen molar-refractivity contribution in [3.63, 3.8) is 0 Å². The third-order valence-corrected chi connectivity index (χ3v) is 10.5. The minimum Gasteiger partial charge on any atom is -0.496 e. The molecule has 2 aromatic carbocycles. The van der Waals surface area contributed by atoms with Gasteiger partial charge in [-0.2, -0.15) is 5.10 Å². The van der Waals surface area contributed by atoms with Crippen LogP contribution in [0, 0.1) is 0 Å². The van der Waals surface area contributed by atoms with Gasteiger partial charge in [-0.15, -0.1) is 11.3 Å². The smallest absolute Gasteiger partial charge is 0.416 e. The van der Waals surface area contributed by atoms with Crippen molar-refractivity contribution in [3.05, 3.63) is 70.1 Å². The van der Waals surface area contributed by atoms with Crippen LogP contribution >= 0.6 is 22.9 Å². The lowest BCUT2D eigenvalue weighted by atomic mass is 10.1. The van der Waals surface area contributed by atoms with Crippen LogP contribution in [0.1, 0.15) is 30.9 Å². The van der Waals surface area contributed by atoms with E-state index in [4.69, 9.17) is 16.3 Å². The second-order valence-electron chi connectivity index (χ2n) is 9.99. The van der Waals surface area contributed by atoms with Gasteiger partial charge in [-0.3, -0.25) is 9.40 Å². The predicted octanol–water partition coefficient (Wildman–Crippen LogP) is 5.45. The quantitative estimate of drug-likeness (QED) is 0.267. The van der Waals surface area contributed by atoms with Gasteiger partial charge in [0.25, 0.3) is 10.0 Å². The number of thiophene rings is 1. The fourth-order valence-corrected chi connectivity index (χ4v) is 7.56. The molecule has 2 N–H and O–H groups in total. The Balaban J connectivity index is 1.40. The maximum atomic E-state index is 13.1. The number of nitrogens with zero attached hydrogens (tertiary/aromatic N) is 3. The van der Waals surface area contributed by atoms with Gasteiger partial charge in [-0.1, -0.05) is 41.9 Å². The Hall–Kier alpha value is -3.12. The van der Waals surface area contributed by atoms with Gasteiger partial charge in [0, 0.05) is 19.4 Å². The maximum Gasteiger partial charge on any atom is 0.416 e. The highest BCUT2D eigenvalue weighted by molar-refractivity contribution is 7.94. The van der Waals surface area contributed by atoms with Crippen LogP contribution < -0.4 is 14.8 Å². The first-order valence-corrected chi connectivity index (χ1v) is 15.3. The standard InChI is InChI=1S/C27H30ClN5O4S2/c1-18-7-6-14-33(18,2)27(34)29-16-19-8-4-9-20(15-19)17-32-21-10-5-11-22(37-3)25(21)26(30-32)31-39(35,36)24-13-12-23(28)38-24/h4-5,8-13,15,18H,6-7,14,16-17H2,1-3H3,(H-,29,30,31,34)/p+1/t18-,33?/m1/s1. The molecular formula is C27H31ClN5O4S2+. The van der Waals surface area contributed by atoms with Gasteiger partial charge in [-0.25, -0.2) is 17.7 Å². The summed E-state index contributed by atoms with van der Waals surface area (Å²) in [5, 5.41) is 8.30. The number of fused-ring (bicyclic) bond motifs is 1. The number of sulfonamides is 1. The molecule has 39 heavy (non-hydrogen) atoms. The molecule has 0 aliphatic carbocycles. The van der Waals surface area contributed by atoms with E-state index in [-0.39, 0.29) is 16.1 Å². The SMILES string of the molecule is COc1cccc2c1c(NS(=O)(=O)c1ccc(Cl)s1)nn2Cc1cccc(CNC(=O)[N+]2(C)CCC[C@H]2C)c1. The van der Waals surface area contributed by atoms with Gasteiger partial charge in [0.1, 0.15) is 9.96 Å². The zero-order chi connectivity index (χ0) is 27.8. The number of urea groups is 1. The van der Waals surface area contributed by atoms with Crippen LogP contribution in [0.25, 0.3) is 10.9 Å². The number of hydrogen-bond acceptors (Lipinski definition) is 6. The van der Waals surface area contributed by atoms with E-state index in [1.165, 1.54) is 13.2 Å². The first kappa shape index (κ1) is 27.4. The predicted molar refractivity (Wildman–Crippen MR) is 154 cm³/mol. The monoisotopic (exact) mass is 588 g/mol. The van der Waals surface area contributed by atoms with Gasteiger partial charge < -0.3 is 10.1 Å². The number of carbonyl (C=O) groups is 1. The number of methoxy groups -OCH3 is 1. The van der Waals surface area contributed by atoms with Crippen LogP contribution in [-0.4, -0.2) is 55.5 Å². The van der Waals surface area contributed by atoms with Crippen LogP contribution in [0.15, 0.2) is 58.8 Å². The summed E-state index contributed by atoms with van der Waals surface area (Å²) in [6, 6.07) is 16.8. The molecule has 206 valence electrons. The highest BCUT2D eigenvalue weighted by Gasteiger charge is 2.41. The third-order valence-electron chi connectivity index (χ3n) is 7.45. The summed E-state index contributed by atoms with van der Waals surface area (Å²) in [4.78, 5) is 12.9. The molecule has 2 atom stereocenters. The fraction of sp³-hybridized carbons (Fsp3) is 0.333. The lowest BCUT2D eigenvalue weighted by Crippen LogP contribution is -2.56. The van der Waals surface area contributed by atoms with E-state index < -0.39 is 10.0 Å². The Kier molecular flexibility index (Phi) is 7.60. The van der Waals surface area contributed by atoms with Crippen molar-refractivity contribution in [1.82, 2.24) is 15.1 Å². The average molecular weight is 589 g/mol. The molecule has 0 radical (unpaired) electrons. The third kappa shape index (κ3) is 5.49. The second-order valence-corrected chi connectivity index (χ2v) is 13.6. The molecule has 0 bridgehead atoms. The number of likely N-dealkylation sites (tertiary alicyclic amines) is 1. The van der Waals surface area contributed by atoms with Crippen LogP contribution in [0.3, 0.4) is 0 Å². The number of ether oxygens (including phenoxy) is 1. The summed E-state index contributed by atoms with van der Waals surface area (Å²) in [7, 11) is -0.362. The van der Waals surface area contributed by atoms with Crippen LogP contribution in [0.2, 0.25) is 4.34 Å². The van der Waals surface area contributed by atoms with Crippen molar-refractivity contribution in [2.24, 2.45) is 0 Å². The van der Waals surface area contributed by atoms with Gasteiger partial charge in [0.15, 0.2) is 5.82 Å². The minimum atomic E-state index is -3.90. The largest absolute Gasteiger partial charge is 0.496 e. The van der Waals surface area contributed by atoms with Crippen molar-refractivity contribution < 1.29 is 22.4 Å². The lowest BCUT2D eigenvalue weighted by molar-refractivity contribution is -0.840. The number of carbonyl (C=O) groups excluding carboxylic acids is 1. The normalized spacial score (nSPS) is 19.3. The number of hydrogen-bond donors (Lipinski definition) is 2. The molecule has 1 aliphatic rings. The summed E-state index contributed by atoms with van der Waals surface area (Å²) in [6.45, 7) is 3.80. The summed E-state index contributed by atoms with van der Waals surface area (Å²) in [5.74, 6) is 0.678. The first-order chi connectivity index (χ1) is 18.6. The van der Waals surface area contributed by atoms with Crippen molar-refractivity contribution in [2.45, 2.75) is 43.1 Å². The Labute approximate surface area is 237 Å². The van der Waals surface area contributed by atoms with Gasteiger partial charge in [0.2, 0.25) is 0 Å². The summed E-state index contributed by atoms with van der Waals surface area (Å²) < 4.78 is 36.9. The van der Waals surface area contributed by atoms with Crippen LogP contribution in [0.5, 0.6) is 5.75 Å². The van der Waals surface area contributed by atoms with Crippen molar-refractivity contribution in [1.29, 1.82) is 0 Å². The Bertz CT molecular complexity index is 1630. The molecule has 1 aliphatic heterocycles. The van der Waals surface area contributed by atoms with E-state index >= 15 is 0 Å². The van der Waals surface area contributed by atoms with E-state index in [1.54, 1.807) is 16.8 Å². The molecule has 9 nitrogen and oxygen atoms in total.